The van der Waals surface area contributed by atoms with Crippen LogP contribution in [0.25, 0.3) is 0 Å². The van der Waals surface area contributed by atoms with E-state index < -0.39 is 0 Å². The monoisotopic (exact) mass is 386 g/mol. The third-order valence-corrected chi connectivity index (χ3v) is 5.44. The molecule has 0 radical (unpaired) electrons. The van der Waals surface area contributed by atoms with Crippen molar-refractivity contribution in [3.8, 4) is 0 Å². The maximum atomic E-state index is 12.6. The van der Waals surface area contributed by atoms with Crippen molar-refractivity contribution in [2.75, 3.05) is 24.5 Å². The Labute approximate surface area is 171 Å². The van der Waals surface area contributed by atoms with Crippen LogP contribution in [0.5, 0.6) is 0 Å². The van der Waals surface area contributed by atoms with Gasteiger partial charge in [-0.2, -0.15) is 0 Å². The SMILES string of the molecule is O=C(NCCC(c1ccccc1)c1ccccc1)c1cc(N2CCCC2)ncn1. The second-order valence-electron chi connectivity index (χ2n) is 7.37. The highest BCUT2D eigenvalue weighted by atomic mass is 16.1. The summed E-state index contributed by atoms with van der Waals surface area (Å²) in [6.07, 6.45) is 4.65. The van der Waals surface area contributed by atoms with Crippen molar-refractivity contribution in [2.24, 2.45) is 0 Å². The van der Waals surface area contributed by atoms with Crippen molar-refractivity contribution in [1.82, 2.24) is 15.3 Å². The fourth-order valence-corrected chi connectivity index (χ4v) is 3.91. The van der Waals surface area contributed by atoms with Gasteiger partial charge in [-0.15, -0.1) is 0 Å². The number of nitrogens with one attached hydrogen (secondary N) is 1. The number of anilines is 1. The maximum Gasteiger partial charge on any atom is 0.270 e. The summed E-state index contributed by atoms with van der Waals surface area (Å²) in [7, 11) is 0. The van der Waals surface area contributed by atoms with Crippen LogP contribution < -0.4 is 10.2 Å². The first-order valence-electron chi connectivity index (χ1n) is 10.3. The summed E-state index contributed by atoms with van der Waals surface area (Å²) in [4.78, 5) is 23.4. The van der Waals surface area contributed by atoms with Crippen molar-refractivity contribution in [3.05, 3.63) is 89.9 Å². The molecule has 1 aromatic heterocycles. The van der Waals surface area contributed by atoms with Gasteiger partial charge >= 0.3 is 0 Å². The predicted octanol–water partition coefficient (Wildman–Crippen LogP) is 4.03. The summed E-state index contributed by atoms with van der Waals surface area (Å²) in [5.41, 5.74) is 2.94. The molecular formula is C24H26N4O. The Morgan fingerprint density at radius 1 is 0.931 bits per heavy atom. The summed E-state index contributed by atoms with van der Waals surface area (Å²) in [6, 6.07) is 22.7. The van der Waals surface area contributed by atoms with Crippen LogP contribution in [0.4, 0.5) is 5.82 Å². The highest BCUT2D eigenvalue weighted by molar-refractivity contribution is 5.92. The van der Waals surface area contributed by atoms with Gasteiger partial charge in [0.25, 0.3) is 5.91 Å². The lowest BCUT2D eigenvalue weighted by Crippen LogP contribution is -2.27. The van der Waals surface area contributed by atoms with Crippen LogP contribution in [0.3, 0.4) is 0 Å². The molecular weight excluding hydrogens is 360 g/mol. The molecule has 4 rings (SSSR count). The fraction of sp³-hybridized carbons (Fsp3) is 0.292. The van der Waals surface area contributed by atoms with Crippen molar-refractivity contribution >= 4 is 11.7 Å². The van der Waals surface area contributed by atoms with Crippen LogP contribution in [0, 0.1) is 0 Å². The van der Waals surface area contributed by atoms with Crippen LogP contribution in [-0.2, 0) is 0 Å². The number of rotatable bonds is 7. The number of aromatic nitrogens is 2. The molecule has 1 fully saturated rings. The molecule has 2 aromatic carbocycles. The third kappa shape index (κ3) is 4.80. The first-order chi connectivity index (χ1) is 14.3. The molecule has 2 heterocycles. The van der Waals surface area contributed by atoms with E-state index in [1.54, 1.807) is 6.07 Å². The molecule has 148 valence electrons. The van der Waals surface area contributed by atoms with E-state index in [1.807, 2.05) is 12.1 Å². The summed E-state index contributed by atoms with van der Waals surface area (Å²) in [6.45, 7) is 2.57. The number of amides is 1. The van der Waals surface area contributed by atoms with E-state index in [9.17, 15) is 4.79 Å². The quantitative estimate of drug-likeness (QED) is 0.666. The lowest BCUT2D eigenvalue weighted by Gasteiger charge is -2.19. The number of benzene rings is 2. The molecule has 5 nitrogen and oxygen atoms in total. The average molecular weight is 386 g/mol. The number of carbonyl (C=O) groups is 1. The smallest absolute Gasteiger partial charge is 0.270 e. The lowest BCUT2D eigenvalue weighted by atomic mass is 9.88. The summed E-state index contributed by atoms with van der Waals surface area (Å²) in [5, 5.41) is 3.04. The Morgan fingerprint density at radius 2 is 1.55 bits per heavy atom. The average Bonchev–Trinajstić information content (AvgIpc) is 3.33. The minimum atomic E-state index is -0.146. The zero-order chi connectivity index (χ0) is 19.9. The molecule has 0 atom stereocenters. The molecule has 1 aliphatic heterocycles. The van der Waals surface area contributed by atoms with E-state index in [0.717, 1.165) is 25.3 Å². The second kappa shape index (κ2) is 9.32. The Morgan fingerprint density at radius 3 is 2.17 bits per heavy atom. The lowest BCUT2D eigenvalue weighted by molar-refractivity contribution is 0.0947. The van der Waals surface area contributed by atoms with E-state index in [1.165, 1.54) is 30.3 Å². The molecule has 29 heavy (non-hydrogen) atoms. The Hall–Kier alpha value is -3.21. The van der Waals surface area contributed by atoms with Gasteiger partial charge in [0.2, 0.25) is 0 Å². The Balaban J connectivity index is 1.41. The minimum Gasteiger partial charge on any atom is -0.357 e. The third-order valence-electron chi connectivity index (χ3n) is 5.44. The summed E-state index contributed by atoms with van der Waals surface area (Å²) in [5.74, 6) is 0.935. The Kier molecular flexibility index (Phi) is 6.15. The molecule has 3 aromatic rings. The van der Waals surface area contributed by atoms with Gasteiger partial charge in [-0.05, 0) is 30.4 Å². The standard InChI is InChI=1S/C24H26N4O/c29-24(22-17-23(27-18-26-22)28-15-7-8-16-28)25-14-13-21(19-9-3-1-4-10-19)20-11-5-2-6-12-20/h1-6,9-12,17-18,21H,7-8,13-16H2,(H,25,29). The molecule has 1 amide bonds. The first-order valence-corrected chi connectivity index (χ1v) is 10.3. The van der Waals surface area contributed by atoms with E-state index in [4.69, 9.17) is 0 Å². The zero-order valence-electron chi connectivity index (χ0n) is 16.5. The molecule has 0 bridgehead atoms. The second-order valence-corrected chi connectivity index (χ2v) is 7.37. The van der Waals surface area contributed by atoms with Crippen LogP contribution in [-0.4, -0.2) is 35.5 Å². The molecule has 0 saturated carbocycles. The maximum absolute atomic E-state index is 12.6. The van der Waals surface area contributed by atoms with Gasteiger partial charge in [-0.1, -0.05) is 60.7 Å². The zero-order valence-corrected chi connectivity index (χ0v) is 16.5. The summed E-state index contributed by atoms with van der Waals surface area (Å²) < 4.78 is 0. The molecule has 0 aliphatic carbocycles. The summed E-state index contributed by atoms with van der Waals surface area (Å²) >= 11 is 0. The topological polar surface area (TPSA) is 58.1 Å². The fourth-order valence-electron chi connectivity index (χ4n) is 3.91. The van der Waals surface area contributed by atoms with Crippen LogP contribution in [0.15, 0.2) is 73.1 Å². The van der Waals surface area contributed by atoms with Gasteiger partial charge in [0.15, 0.2) is 0 Å². The number of carbonyl (C=O) groups excluding carboxylic acids is 1. The molecule has 1 N–H and O–H groups in total. The molecule has 1 saturated heterocycles. The molecule has 1 aliphatic rings. The van der Waals surface area contributed by atoms with Crippen LogP contribution in [0.2, 0.25) is 0 Å². The predicted molar refractivity (Wildman–Crippen MR) is 115 cm³/mol. The number of hydrogen-bond donors (Lipinski definition) is 1. The van der Waals surface area contributed by atoms with Gasteiger partial charge in [-0.3, -0.25) is 4.79 Å². The van der Waals surface area contributed by atoms with E-state index in [0.29, 0.717) is 12.2 Å². The van der Waals surface area contributed by atoms with Crippen molar-refractivity contribution in [2.45, 2.75) is 25.2 Å². The molecule has 0 unspecified atom stereocenters. The number of nitrogens with zero attached hydrogens (tertiary/aromatic N) is 3. The van der Waals surface area contributed by atoms with Gasteiger partial charge in [0, 0.05) is 31.6 Å². The van der Waals surface area contributed by atoms with Crippen molar-refractivity contribution < 1.29 is 4.79 Å². The largest absolute Gasteiger partial charge is 0.357 e. The van der Waals surface area contributed by atoms with Gasteiger partial charge in [0.05, 0.1) is 0 Å². The van der Waals surface area contributed by atoms with Gasteiger partial charge in [-0.25, -0.2) is 9.97 Å². The van der Waals surface area contributed by atoms with Crippen LogP contribution >= 0.6 is 0 Å². The molecule has 5 heteroatoms. The Bertz CT molecular complexity index is 884. The van der Waals surface area contributed by atoms with Crippen LogP contribution in [0.1, 0.15) is 46.8 Å². The van der Waals surface area contributed by atoms with Crippen molar-refractivity contribution in [3.63, 3.8) is 0 Å². The molecule has 0 spiro atoms. The van der Waals surface area contributed by atoms with E-state index in [2.05, 4.69) is 68.7 Å². The van der Waals surface area contributed by atoms with E-state index in [-0.39, 0.29) is 11.8 Å². The van der Waals surface area contributed by atoms with Gasteiger partial charge in [0.1, 0.15) is 17.8 Å². The normalized spacial score (nSPS) is 13.6. The van der Waals surface area contributed by atoms with E-state index >= 15 is 0 Å². The number of hydrogen-bond acceptors (Lipinski definition) is 4. The minimum absolute atomic E-state index is 0.146. The highest BCUT2D eigenvalue weighted by Gasteiger charge is 2.17. The highest BCUT2D eigenvalue weighted by Crippen LogP contribution is 2.27. The van der Waals surface area contributed by atoms with Crippen molar-refractivity contribution in [1.29, 1.82) is 0 Å². The first kappa shape index (κ1) is 19.1. The van der Waals surface area contributed by atoms with Gasteiger partial charge < -0.3 is 10.2 Å².